The number of fused-ring (bicyclic) bond motifs is 1. The number of anilines is 2. The molecule has 0 saturated heterocycles. The Hall–Kier alpha value is -2.61. The van der Waals surface area contributed by atoms with Crippen LogP contribution in [0.3, 0.4) is 0 Å². The number of benzene rings is 1. The number of carbonyl (C=O) groups excluding carboxylic acids is 2. The molecule has 0 radical (unpaired) electrons. The maximum absolute atomic E-state index is 12.2. The van der Waals surface area contributed by atoms with Crippen LogP contribution in [0.1, 0.15) is 6.42 Å². The molecule has 0 bridgehead atoms. The maximum atomic E-state index is 12.2. The van der Waals surface area contributed by atoms with Gasteiger partial charge in [0.05, 0.1) is 25.3 Å². The summed E-state index contributed by atoms with van der Waals surface area (Å²) in [6.07, 6.45) is 1.37. The Morgan fingerprint density at radius 1 is 1.57 bits per heavy atom. The Kier molecular flexibility index (Phi) is 4.16. The fraction of sp³-hybridized carbons (Fsp3) is 0.286. The standard InChI is InChI=1S/C14H14ClN5O3/c1-23-11-3-2-9(15)5-10(11)18-12(21)4-8-6-20-14(16-7-17-20)19-13(8)22/h2-3,5,7-8H,4,6H2,1H3,(H,18,21)(H,16,17,19,22). The van der Waals surface area contributed by atoms with Gasteiger partial charge in [0.2, 0.25) is 17.8 Å². The summed E-state index contributed by atoms with van der Waals surface area (Å²) < 4.78 is 6.73. The summed E-state index contributed by atoms with van der Waals surface area (Å²) in [4.78, 5) is 28.1. The van der Waals surface area contributed by atoms with Gasteiger partial charge >= 0.3 is 0 Å². The van der Waals surface area contributed by atoms with Crippen LogP contribution in [0.4, 0.5) is 11.6 Å². The van der Waals surface area contributed by atoms with Gasteiger partial charge in [-0.1, -0.05) is 11.6 Å². The molecule has 120 valence electrons. The number of amides is 2. The largest absolute Gasteiger partial charge is 0.495 e. The van der Waals surface area contributed by atoms with E-state index in [1.165, 1.54) is 13.4 Å². The zero-order valence-corrected chi connectivity index (χ0v) is 13.0. The van der Waals surface area contributed by atoms with Gasteiger partial charge in [0, 0.05) is 11.4 Å². The fourth-order valence-electron chi connectivity index (χ4n) is 2.36. The molecule has 23 heavy (non-hydrogen) atoms. The van der Waals surface area contributed by atoms with Crippen LogP contribution in [-0.2, 0) is 16.1 Å². The average Bonchev–Trinajstić information content (AvgIpc) is 2.95. The van der Waals surface area contributed by atoms with Gasteiger partial charge in [0.25, 0.3) is 0 Å². The number of hydrogen-bond acceptors (Lipinski definition) is 5. The molecule has 2 aromatic rings. The number of hydrogen-bond donors (Lipinski definition) is 2. The lowest BCUT2D eigenvalue weighted by atomic mass is 10.0. The van der Waals surface area contributed by atoms with Crippen LogP contribution >= 0.6 is 11.6 Å². The van der Waals surface area contributed by atoms with Crippen LogP contribution in [0.15, 0.2) is 24.5 Å². The first-order valence-electron chi connectivity index (χ1n) is 6.89. The van der Waals surface area contributed by atoms with Crippen LogP contribution in [-0.4, -0.2) is 33.7 Å². The summed E-state index contributed by atoms with van der Waals surface area (Å²) in [5, 5.41) is 9.80. The van der Waals surface area contributed by atoms with Crippen molar-refractivity contribution in [3.8, 4) is 5.75 Å². The van der Waals surface area contributed by atoms with Crippen molar-refractivity contribution >= 4 is 35.1 Å². The van der Waals surface area contributed by atoms with Crippen molar-refractivity contribution in [1.82, 2.24) is 14.8 Å². The Morgan fingerprint density at radius 3 is 3.17 bits per heavy atom. The minimum atomic E-state index is -0.519. The van der Waals surface area contributed by atoms with Crippen molar-refractivity contribution < 1.29 is 14.3 Å². The average molecular weight is 336 g/mol. The predicted molar refractivity (Wildman–Crippen MR) is 83.4 cm³/mol. The molecule has 8 nitrogen and oxygen atoms in total. The SMILES string of the molecule is COc1ccc(Cl)cc1NC(=O)CC1Cn2ncnc2NC1=O. The van der Waals surface area contributed by atoms with E-state index in [0.29, 0.717) is 29.0 Å². The molecule has 2 N–H and O–H groups in total. The number of methoxy groups -OCH3 is 1. The van der Waals surface area contributed by atoms with Gasteiger partial charge in [-0.25, -0.2) is 4.68 Å². The van der Waals surface area contributed by atoms with Crippen LogP contribution in [0.25, 0.3) is 0 Å². The zero-order valence-electron chi connectivity index (χ0n) is 12.2. The lowest BCUT2D eigenvalue weighted by molar-refractivity contribution is -0.126. The normalized spacial score (nSPS) is 16.4. The second-order valence-corrected chi connectivity index (χ2v) is 5.49. The van der Waals surface area contributed by atoms with E-state index in [1.54, 1.807) is 22.9 Å². The van der Waals surface area contributed by atoms with E-state index in [9.17, 15) is 9.59 Å². The Labute approximate surface area is 136 Å². The number of ether oxygens (including phenoxy) is 1. The third-order valence-electron chi connectivity index (χ3n) is 3.48. The molecule has 0 spiro atoms. The van der Waals surface area contributed by atoms with Gasteiger partial charge in [-0.15, -0.1) is 0 Å². The fourth-order valence-corrected chi connectivity index (χ4v) is 2.53. The number of carbonyl (C=O) groups is 2. The summed E-state index contributed by atoms with van der Waals surface area (Å²) in [5.41, 5.74) is 0.461. The first-order valence-corrected chi connectivity index (χ1v) is 7.26. The van der Waals surface area contributed by atoms with E-state index >= 15 is 0 Å². The minimum Gasteiger partial charge on any atom is -0.495 e. The van der Waals surface area contributed by atoms with Crippen molar-refractivity contribution in [1.29, 1.82) is 0 Å². The van der Waals surface area contributed by atoms with E-state index in [1.807, 2.05) is 0 Å². The van der Waals surface area contributed by atoms with Crippen molar-refractivity contribution in [2.24, 2.45) is 5.92 Å². The summed E-state index contributed by atoms with van der Waals surface area (Å²) in [6.45, 7) is 0.307. The van der Waals surface area contributed by atoms with E-state index in [0.717, 1.165) is 0 Å². The molecule has 1 unspecified atom stereocenters. The van der Waals surface area contributed by atoms with Gasteiger partial charge in [-0.3, -0.25) is 14.9 Å². The quantitative estimate of drug-likeness (QED) is 0.883. The first kappa shape index (κ1) is 15.3. The second-order valence-electron chi connectivity index (χ2n) is 5.05. The highest BCUT2D eigenvalue weighted by atomic mass is 35.5. The molecular formula is C14H14ClN5O3. The summed E-state index contributed by atoms with van der Waals surface area (Å²) in [7, 11) is 1.50. The lowest BCUT2D eigenvalue weighted by Gasteiger charge is -2.22. The molecule has 1 aromatic heterocycles. The molecule has 2 amide bonds. The van der Waals surface area contributed by atoms with Crippen molar-refractivity contribution in [2.45, 2.75) is 13.0 Å². The number of halogens is 1. The first-order chi connectivity index (χ1) is 11.1. The highest BCUT2D eigenvalue weighted by molar-refractivity contribution is 6.31. The van der Waals surface area contributed by atoms with E-state index in [-0.39, 0.29) is 18.2 Å². The summed E-state index contributed by atoms with van der Waals surface area (Å²) >= 11 is 5.93. The van der Waals surface area contributed by atoms with Gasteiger partial charge in [-0.05, 0) is 18.2 Å². The molecule has 2 heterocycles. The molecule has 0 aliphatic carbocycles. The summed E-state index contributed by atoms with van der Waals surface area (Å²) in [6, 6.07) is 4.92. The lowest BCUT2D eigenvalue weighted by Crippen LogP contribution is -2.36. The van der Waals surface area contributed by atoms with E-state index < -0.39 is 5.92 Å². The van der Waals surface area contributed by atoms with Gasteiger partial charge < -0.3 is 10.1 Å². The molecular weight excluding hydrogens is 322 g/mol. The third kappa shape index (κ3) is 3.26. The Bertz CT molecular complexity index is 761. The van der Waals surface area contributed by atoms with Crippen molar-refractivity contribution in [3.05, 3.63) is 29.5 Å². The highest BCUT2D eigenvalue weighted by Crippen LogP contribution is 2.28. The van der Waals surface area contributed by atoms with Crippen molar-refractivity contribution in [3.63, 3.8) is 0 Å². The summed E-state index contributed by atoms with van der Waals surface area (Å²) in [5.74, 6) is -0.194. The smallest absolute Gasteiger partial charge is 0.232 e. The number of nitrogens with one attached hydrogen (secondary N) is 2. The van der Waals surface area contributed by atoms with Crippen LogP contribution < -0.4 is 15.4 Å². The second kappa shape index (κ2) is 6.25. The number of nitrogens with zero attached hydrogens (tertiary/aromatic N) is 3. The molecule has 1 aliphatic rings. The number of aromatic nitrogens is 3. The molecule has 1 aromatic carbocycles. The molecule has 0 fully saturated rings. The van der Waals surface area contributed by atoms with Crippen LogP contribution in [0, 0.1) is 5.92 Å². The predicted octanol–water partition coefficient (Wildman–Crippen LogP) is 1.54. The number of rotatable bonds is 4. The minimum absolute atomic E-state index is 0.0147. The Balaban J connectivity index is 1.68. The monoisotopic (exact) mass is 335 g/mol. The molecule has 1 atom stereocenters. The zero-order chi connectivity index (χ0) is 16.4. The molecule has 3 rings (SSSR count). The Morgan fingerprint density at radius 2 is 2.39 bits per heavy atom. The van der Waals surface area contributed by atoms with Crippen LogP contribution in [0.2, 0.25) is 5.02 Å². The highest BCUT2D eigenvalue weighted by Gasteiger charge is 2.29. The molecule has 1 aliphatic heterocycles. The maximum Gasteiger partial charge on any atom is 0.232 e. The molecule has 0 saturated carbocycles. The van der Waals surface area contributed by atoms with Gasteiger partial charge in [-0.2, -0.15) is 10.1 Å². The third-order valence-corrected chi connectivity index (χ3v) is 3.72. The van der Waals surface area contributed by atoms with E-state index in [4.69, 9.17) is 16.3 Å². The van der Waals surface area contributed by atoms with Gasteiger partial charge in [0.1, 0.15) is 12.1 Å². The van der Waals surface area contributed by atoms with Crippen molar-refractivity contribution in [2.75, 3.05) is 17.7 Å². The molecule has 9 heteroatoms. The van der Waals surface area contributed by atoms with Gasteiger partial charge in [0.15, 0.2) is 0 Å². The topological polar surface area (TPSA) is 98.1 Å². The van der Waals surface area contributed by atoms with Crippen LogP contribution in [0.5, 0.6) is 5.75 Å². The van der Waals surface area contributed by atoms with E-state index in [2.05, 4.69) is 20.7 Å².